The largest absolute Gasteiger partial charge is 0.351 e. The summed E-state index contributed by atoms with van der Waals surface area (Å²) in [7, 11) is 1.78. The van der Waals surface area contributed by atoms with Gasteiger partial charge in [0.05, 0.1) is 22.3 Å². The lowest BCUT2D eigenvalue weighted by molar-refractivity contribution is 0.0940. The molecule has 0 aromatic carbocycles. The van der Waals surface area contributed by atoms with Crippen LogP contribution in [0.1, 0.15) is 42.7 Å². The van der Waals surface area contributed by atoms with Gasteiger partial charge in [-0.3, -0.25) is 19.5 Å². The number of H-pyrrole nitrogens is 1. The van der Waals surface area contributed by atoms with Gasteiger partial charge >= 0.3 is 0 Å². The lowest BCUT2D eigenvalue weighted by atomic mass is 10.0. The molecule has 0 bridgehead atoms. The molecule has 0 unspecified atom stereocenters. The monoisotopic (exact) mass is 517 g/mol. The van der Waals surface area contributed by atoms with E-state index < -0.39 is 0 Å². The van der Waals surface area contributed by atoms with Crippen LogP contribution < -0.4 is 21.5 Å². The second-order valence-electron chi connectivity index (χ2n) is 9.98. The maximum Gasteiger partial charge on any atom is 0.264 e. The van der Waals surface area contributed by atoms with Crippen molar-refractivity contribution in [2.24, 2.45) is 7.05 Å². The van der Waals surface area contributed by atoms with Crippen LogP contribution in [0, 0.1) is 6.92 Å². The second-order valence-corrected chi connectivity index (χ2v) is 9.98. The predicted molar refractivity (Wildman–Crippen MR) is 144 cm³/mol. The molecule has 4 aromatic heterocycles. The van der Waals surface area contributed by atoms with Crippen molar-refractivity contribution in [3.63, 3.8) is 0 Å². The number of nitrogens with zero attached hydrogens (tertiary/aromatic N) is 7. The summed E-state index contributed by atoms with van der Waals surface area (Å²) in [6, 6.07) is 4.67. The van der Waals surface area contributed by atoms with Gasteiger partial charge in [-0.2, -0.15) is 15.2 Å². The summed E-state index contributed by atoms with van der Waals surface area (Å²) in [6.07, 6.45) is 5.59. The number of hydrogen-bond donors (Lipinski definition) is 4. The van der Waals surface area contributed by atoms with Gasteiger partial charge in [0, 0.05) is 44.1 Å². The minimum Gasteiger partial charge on any atom is -0.351 e. The number of rotatable bonds is 8. The summed E-state index contributed by atoms with van der Waals surface area (Å²) in [5.41, 5.74) is 2.32. The molecule has 1 aliphatic heterocycles. The summed E-state index contributed by atoms with van der Waals surface area (Å²) < 4.78 is 1.63. The molecule has 5 heterocycles. The normalized spacial score (nSPS) is 15.1. The third-order valence-corrected chi connectivity index (χ3v) is 6.84. The first-order chi connectivity index (χ1) is 18.2. The number of anilines is 4. The standard InChI is InChI=1S/C25H31N11O2/c1-15-18(12-16(13-27-15)23(38)26-9-11-36-10-5-8-25(36,2)3)29-21-17-14-28-24(31-22(17)35(4)34-21)30-19-6-7-20(37)33-32-19/h6-7,12-14H,5,8-11H2,1-4H3,(H,26,38)(H,29,34)(H,33,37)(H,28,30,31,32). The Morgan fingerprint density at radius 2 is 2.03 bits per heavy atom. The van der Waals surface area contributed by atoms with Crippen molar-refractivity contribution < 1.29 is 4.79 Å². The maximum atomic E-state index is 12.8. The fourth-order valence-corrected chi connectivity index (χ4v) is 4.61. The van der Waals surface area contributed by atoms with Crippen molar-refractivity contribution in [3.8, 4) is 0 Å². The van der Waals surface area contributed by atoms with Gasteiger partial charge in [-0.1, -0.05) is 0 Å². The van der Waals surface area contributed by atoms with Crippen LogP contribution in [0.25, 0.3) is 11.0 Å². The van der Waals surface area contributed by atoms with E-state index in [1.54, 1.807) is 30.2 Å². The van der Waals surface area contributed by atoms with E-state index in [0.29, 0.717) is 46.4 Å². The highest BCUT2D eigenvalue weighted by Gasteiger charge is 2.31. The number of carbonyl (C=O) groups excluding carboxylic acids is 1. The summed E-state index contributed by atoms with van der Waals surface area (Å²) in [5, 5.41) is 20.8. The Morgan fingerprint density at radius 1 is 1.18 bits per heavy atom. The fraction of sp³-hybridized carbons (Fsp3) is 0.400. The quantitative estimate of drug-likeness (QED) is 0.273. The lowest BCUT2D eigenvalue weighted by Crippen LogP contribution is -2.43. The topological polar surface area (TPSA) is 159 Å². The Hall–Kier alpha value is -4.39. The highest BCUT2D eigenvalue weighted by atomic mass is 16.1. The van der Waals surface area contributed by atoms with E-state index >= 15 is 0 Å². The number of hydrogen-bond acceptors (Lipinski definition) is 10. The van der Waals surface area contributed by atoms with Crippen molar-refractivity contribution in [3.05, 3.63) is 52.2 Å². The SMILES string of the molecule is Cc1ncc(C(=O)NCCN2CCCC2(C)C)cc1Nc1nn(C)c2nc(Nc3ccc(=O)[nH]n3)ncc12. The third kappa shape index (κ3) is 5.32. The van der Waals surface area contributed by atoms with Crippen molar-refractivity contribution >= 4 is 40.2 Å². The molecular formula is C25H31N11O2. The highest BCUT2D eigenvalue weighted by molar-refractivity contribution is 5.96. The molecule has 198 valence electrons. The van der Waals surface area contributed by atoms with E-state index in [1.165, 1.54) is 25.0 Å². The second kappa shape index (κ2) is 10.2. The Morgan fingerprint density at radius 3 is 2.76 bits per heavy atom. The minimum absolute atomic E-state index is 0.168. The summed E-state index contributed by atoms with van der Waals surface area (Å²) in [6.45, 7) is 8.81. The van der Waals surface area contributed by atoms with Gasteiger partial charge in [-0.05, 0) is 52.3 Å². The van der Waals surface area contributed by atoms with Gasteiger partial charge in [0.15, 0.2) is 17.3 Å². The van der Waals surface area contributed by atoms with Crippen molar-refractivity contribution in [1.82, 2.24) is 45.1 Å². The number of likely N-dealkylation sites (tertiary alicyclic amines) is 1. The Kier molecular flexibility index (Phi) is 6.76. The van der Waals surface area contributed by atoms with Crippen molar-refractivity contribution in [1.29, 1.82) is 0 Å². The molecule has 0 atom stereocenters. The van der Waals surface area contributed by atoms with Crippen LogP contribution in [0.5, 0.6) is 0 Å². The number of aromatic amines is 1. The molecule has 4 aromatic rings. The van der Waals surface area contributed by atoms with Crippen LogP contribution in [0.3, 0.4) is 0 Å². The van der Waals surface area contributed by atoms with Gasteiger partial charge in [-0.15, -0.1) is 0 Å². The number of fused-ring (bicyclic) bond motifs is 1. The molecule has 38 heavy (non-hydrogen) atoms. The van der Waals surface area contributed by atoms with E-state index in [4.69, 9.17) is 0 Å². The Labute approximate surface area is 219 Å². The van der Waals surface area contributed by atoms with E-state index in [-0.39, 0.29) is 17.0 Å². The van der Waals surface area contributed by atoms with E-state index in [0.717, 1.165) is 18.8 Å². The number of carbonyl (C=O) groups is 1. The molecule has 1 amide bonds. The minimum atomic E-state index is -0.299. The first-order valence-electron chi connectivity index (χ1n) is 12.5. The molecule has 1 fully saturated rings. The average Bonchev–Trinajstić information content (AvgIpc) is 3.39. The van der Waals surface area contributed by atoms with E-state index in [2.05, 4.69) is 64.9 Å². The van der Waals surface area contributed by atoms with Gasteiger partial charge in [0.2, 0.25) is 5.95 Å². The molecule has 0 saturated carbocycles. The Bertz CT molecular complexity index is 1520. The summed E-state index contributed by atoms with van der Waals surface area (Å²) in [5.74, 6) is 1.08. The molecular weight excluding hydrogens is 486 g/mol. The molecule has 0 spiro atoms. The zero-order chi connectivity index (χ0) is 26.9. The number of aromatic nitrogens is 7. The van der Waals surface area contributed by atoms with Gasteiger partial charge in [0.1, 0.15) is 0 Å². The Balaban J connectivity index is 1.29. The molecule has 1 saturated heterocycles. The van der Waals surface area contributed by atoms with Crippen LogP contribution in [0.2, 0.25) is 0 Å². The molecule has 0 aliphatic carbocycles. The molecule has 5 rings (SSSR count). The molecule has 13 nitrogen and oxygen atoms in total. The lowest BCUT2D eigenvalue weighted by Gasteiger charge is -2.31. The van der Waals surface area contributed by atoms with Gasteiger partial charge in [-0.25, -0.2) is 14.8 Å². The number of amides is 1. The van der Waals surface area contributed by atoms with Crippen LogP contribution in [0.15, 0.2) is 35.4 Å². The average molecular weight is 518 g/mol. The molecule has 4 N–H and O–H groups in total. The molecule has 0 radical (unpaired) electrons. The zero-order valence-electron chi connectivity index (χ0n) is 21.9. The van der Waals surface area contributed by atoms with E-state index in [9.17, 15) is 9.59 Å². The van der Waals surface area contributed by atoms with Crippen molar-refractivity contribution in [2.75, 3.05) is 30.3 Å². The van der Waals surface area contributed by atoms with Gasteiger partial charge in [0.25, 0.3) is 11.5 Å². The smallest absolute Gasteiger partial charge is 0.264 e. The first kappa shape index (κ1) is 25.3. The molecule has 13 heteroatoms. The maximum absolute atomic E-state index is 12.8. The zero-order valence-corrected chi connectivity index (χ0v) is 21.9. The van der Waals surface area contributed by atoms with Gasteiger partial charge < -0.3 is 16.0 Å². The van der Waals surface area contributed by atoms with Crippen LogP contribution in [0.4, 0.5) is 23.3 Å². The summed E-state index contributed by atoms with van der Waals surface area (Å²) in [4.78, 5) is 39.8. The predicted octanol–water partition coefficient (Wildman–Crippen LogP) is 2.24. The van der Waals surface area contributed by atoms with Crippen molar-refractivity contribution in [2.45, 2.75) is 39.2 Å². The van der Waals surface area contributed by atoms with Crippen LogP contribution >= 0.6 is 0 Å². The van der Waals surface area contributed by atoms with E-state index in [1.807, 2.05) is 6.92 Å². The first-order valence-corrected chi connectivity index (χ1v) is 12.5. The number of aryl methyl sites for hydroxylation is 2. The number of pyridine rings is 1. The summed E-state index contributed by atoms with van der Waals surface area (Å²) >= 11 is 0. The van der Waals surface area contributed by atoms with Crippen LogP contribution in [-0.4, -0.2) is 70.9 Å². The fourth-order valence-electron chi connectivity index (χ4n) is 4.61. The molecule has 1 aliphatic rings. The highest BCUT2D eigenvalue weighted by Crippen LogP contribution is 2.28. The number of nitrogens with one attached hydrogen (secondary N) is 4. The third-order valence-electron chi connectivity index (χ3n) is 6.84. The van der Waals surface area contributed by atoms with Crippen LogP contribution in [-0.2, 0) is 7.05 Å².